The summed E-state index contributed by atoms with van der Waals surface area (Å²) in [4.78, 5) is 0.535. The Labute approximate surface area is 131 Å². The lowest BCUT2D eigenvalue weighted by Crippen LogP contribution is -2.51. The summed E-state index contributed by atoms with van der Waals surface area (Å²) < 4.78 is 83.4. The molecule has 2 aliphatic rings. The van der Waals surface area contributed by atoms with Crippen LogP contribution < -0.4 is 10.6 Å². The molecule has 1 aromatic heterocycles. The van der Waals surface area contributed by atoms with Crippen molar-refractivity contribution in [1.82, 2.24) is 0 Å². The van der Waals surface area contributed by atoms with E-state index in [1.807, 2.05) is 27.7 Å². The predicted molar refractivity (Wildman–Crippen MR) is 77.4 cm³/mol. The van der Waals surface area contributed by atoms with Gasteiger partial charge in [0.15, 0.2) is 5.88 Å². The van der Waals surface area contributed by atoms with Crippen molar-refractivity contribution in [1.29, 1.82) is 0 Å². The van der Waals surface area contributed by atoms with Crippen LogP contribution in [0.4, 0.5) is 5.88 Å². The number of ether oxygens (including phenoxy) is 1. The van der Waals surface area contributed by atoms with Gasteiger partial charge in [-0.05, 0) is 33.8 Å². The van der Waals surface area contributed by atoms with Gasteiger partial charge in [-0.3, -0.25) is 0 Å². The fraction of sp³-hybridized carbons (Fsp3) is 0.714. The Balaban J connectivity index is 1.88. The van der Waals surface area contributed by atoms with Crippen LogP contribution in [0.1, 0.15) is 38.7 Å². The molecule has 0 amide bonds. The zero-order valence-corrected chi connectivity index (χ0v) is 11.8. The summed E-state index contributed by atoms with van der Waals surface area (Å²) in [7, 11) is -4.03. The SMILES string of the molecule is [2H]C([2H])([2H])OC1([2H])C([2H])([2H])N(c2ccc(B3OC(C)(C)C(C)(C)O3)o2)C1([2H])[2H]. The molecule has 1 aromatic rings. The van der Waals surface area contributed by atoms with Crippen LogP contribution in [0.15, 0.2) is 16.5 Å². The minimum atomic E-state index is -3.15. The first-order valence-corrected chi connectivity index (χ1v) is 6.32. The highest BCUT2D eigenvalue weighted by atomic mass is 16.7. The predicted octanol–water partition coefficient (Wildman–Crippen LogP) is 1.41. The maximum atomic E-state index is 8.06. The van der Waals surface area contributed by atoms with E-state index in [2.05, 4.69) is 4.74 Å². The monoisotopic (exact) mass is 287 g/mol. The summed E-state index contributed by atoms with van der Waals surface area (Å²) in [5.74, 6) is -0.239. The van der Waals surface area contributed by atoms with Crippen LogP contribution in [-0.2, 0) is 14.0 Å². The van der Waals surface area contributed by atoms with Gasteiger partial charge in [0.1, 0.15) is 5.66 Å². The third-order valence-electron chi connectivity index (χ3n) is 3.85. The smallest absolute Gasteiger partial charge is 0.449 e. The Kier molecular flexibility index (Phi) is 1.66. The molecule has 2 fully saturated rings. The van der Waals surface area contributed by atoms with Crippen molar-refractivity contribution in [2.24, 2.45) is 0 Å². The van der Waals surface area contributed by atoms with Gasteiger partial charge in [-0.1, -0.05) is 0 Å². The van der Waals surface area contributed by atoms with Crippen molar-refractivity contribution in [3.63, 3.8) is 0 Å². The average Bonchev–Trinajstić information content (AvgIpc) is 2.99. The minimum Gasteiger partial charge on any atom is -0.449 e. The second-order valence-corrected chi connectivity index (χ2v) is 5.75. The summed E-state index contributed by atoms with van der Waals surface area (Å²) in [5.41, 5.74) is -1.07. The molecule has 0 aliphatic carbocycles. The first-order valence-electron chi connectivity index (χ1n) is 10.3. The zero-order chi connectivity index (χ0) is 21.6. The van der Waals surface area contributed by atoms with Gasteiger partial charge >= 0.3 is 7.12 Å². The summed E-state index contributed by atoms with van der Waals surface area (Å²) in [5, 5.41) is 0. The van der Waals surface area contributed by atoms with Crippen LogP contribution in [0.2, 0.25) is 0 Å². The molecule has 3 rings (SSSR count). The van der Waals surface area contributed by atoms with E-state index in [-0.39, 0.29) is 11.5 Å². The lowest BCUT2D eigenvalue weighted by Gasteiger charge is -2.37. The molecular formula is C14H22BNO4. The maximum Gasteiger partial charge on any atom is 0.532 e. The third-order valence-corrected chi connectivity index (χ3v) is 3.85. The van der Waals surface area contributed by atoms with Crippen molar-refractivity contribution in [3.05, 3.63) is 12.1 Å². The Morgan fingerprint density at radius 2 is 2.00 bits per heavy atom. The molecule has 110 valence electrons. The van der Waals surface area contributed by atoms with Crippen molar-refractivity contribution < 1.29 is 29.4 Å². The first kappa shape index (κ1) is 7.34. The zero-order valence-electron chi connectivity index (χ0n) is 19.8. The topological polar surface area (TPSA) is 44.1 Å². The van der Waals surface area contributed by atoms with Gasteiger partial charge in [0.25, 0.3) is 0 Å². The van der Waals surface area contributed by atoms with Gasteiger partial charge in [0.2, 0.25) is 0 Å². The molecule has 0 unspecified atom stereocenters. The van der Waals surface area contributed by atoms with Gasteiger partial charge in [0.05, 0.1) is 28.2 Å². The van der Waals surface area contributed by atoms with Crippen molar-refractivity contribution >= 4 is 18.7 Å². The molecule has 0 radical (unpaired) electrons. The number of rotatable bonds is 3. The number of hydrogen-bond donors (Lipinski definition) is 0. The number of anilines is 1. The summed E-state index contributed by atoms with van der Waals surface area (Å²) >= 11 is 0. The fourth-order valence-electron chi connectivity index (χ4n) is 1.91. The number of furan rings is 1. The molecule has 0 aromatic carbocycles. The molecule has 0 spiro atoms. The van der Waals surface area contributed by atoms with Crippen LogP contribution >= 0.6 is 0 Å². The van der Waals surface area contributed by atoms with E-state index < -0.39 is 44.4 Å². The number of methoxy groups -OCH3 is 1. The van der Waals surface area contributed by atoms with Crippen LogP contribution in [0, 0.1) is 0 Å². The Hall–Kier alpha value is -0.975. The Bertz CT molecular complexity index is 746. The molecule has 0 saturated carbocycles. The molecule has 0 atom stereocenters. The van der Waals surface area contributed by atoms with E-state index in [0.29, 0.717) is 4.90 Å². The maximum absolute atomic E-state index is 8.06. The lowest BCUT2D eigenvalue weighted by atomic mass is 9.86. The van der Waals surface area contributed by atoms with Gasteiger partial charge in [-0.15, -0.1) is 0 Å². The Morgan fingerprint density at radius 1 is 1.35 bits per heavy atom. The van der Waals surface area contributed by atoms with E-state index in [9.17, 15) is 0 Å². The third kappa shape index (κ3) is 2.16. The van der Waals surface area contributed by atoms with Crippen LogP contribution in [-0.4, -0.2) is 44.4 Å². The van der Waals surface area contributed by atoms with Crippen LogP contribution in [0.3, 0.4) is 0 Å². The van der Waals surface area contributed by atoms with E-state index in [4.69, 9.17) is 24.7 Å². The van der Waals surface area contributed by atoms with Gasteiger partial charge in [-0.2, -0.15) is 0 Å². The van der Waals surface area contributed by atoms with Crippen molar-refractivity contribution in [3.8, 4) is 0 Å². The van der Waals surface area contributed by atoms with Crippen molar-refractivity contribution in [2.45, 2.75) is 45.0 Å². The molecule has 3 heterocycles. The highest BCUT2D eigenvalue weighted by Gasteiger charge is 2.53. The van der Waals surface area contributed by atoms with E-state index >= 15 is 0 Å². The van der Waals surface area contributed by atoms with E-state index in [1.165, 1.54) is 12.1 Å². The molecular weight excluding hydrogens is 257 g/mol. The molecule has 5 nitrogen and oxygen atoms in total. The fourth-order valence-corrected chi connectivity index (χ4v) is 1.91. The average molecular weight is 287 g/mol. The lowest BCUT2D eigenvalue weighted by molar-refractivity contribution is 0.00578. The highest BCUT2D eigenvalue weighted by molar-refractivity contribution is 6.60. The highest BCUT2D eigenvalue weighted by Crippen LogP contribution is 2.36. The van der Waals surface area contributed by atoms with E-state index in [1.54, 1.807) is 0 Å². The van der Waals surface area contributed by atoms with Crippen LogP contribution in [0.25, 0.3) is 0 Å². The second kappa shape index (κ2) is 4.51. The molecule has 6 heteroatoms. The summed E-state index contributed by atoms with van der Waals surface area (Å²) in [6.45, 7) is 1.79. The largest absolute Gasteiger partial charge is 0.532 e. The minimum absolute atomic E-state index is 0.194. The van der Waals surface area contributed by atoms with Gasteiger partial charge in [0, 0.05) is 26.1 Å². The molecule has 20 heavy (non-hydrogen) atoms. The molecule has 2 aliphatic heterocycles. The van der Waals surface area contributed by atoms with Crippen molar-refractivity contribution in [2.75, 3.05) is 24.9 Å². The summed E-state index contributed by atoms with van der Waals surface area (Å²) in [6, 6.07) is 2.77. The van der Waals surface area contributed by atoms with Crippen LogP contribution in [0.5, 0.6) is 0 Å². The summed E-state index contributed by atoms with van der Waals surface area (Å²) in [6.07, 6.45) is -2.98. The quantitative estimate of drug-likeness (QED) is 0.787. The number of nitrogens with zero attached hydrogens (tertiary/aromatic N) is 1. The molecule has 0 bridgehead atoms. The number of hydrogen-bond acceptors (Lipinski definition) is 5. The van der Waals surface area contributed by atoms with Gasteiger partial charge in [-0.25, -0.2) is 0 Å². The molecule has 0 N–H and O–H groups in total. The normalized spacial score (nSPS) is 38.2. The van der Waals surface area contributed by atoms with Gasteiger partial charge < -0.3 is 23.4 Å². The second-order valence-electron chi connectivity index (χ2n) is 5.75. The van der Waals surface area contributed by atoms with E-state index in [0.717, 1.165) is 0 Å². The Morgan fingerprint density at radius 3 is 2.60 bits per heavy atom. The first-order chi connectivity index (χ1) is 12.4. The molecule has 2 saturated heterocycles. The standard InChI is InChI=1S/C14H22BNO4/c1-13(2)14(3,4)20-15(19-13)11-6-7-12(18-11)16-8-10(9-16)17-5/h6-7,10H,8-9H2,1-5H3/i5D3,8D2,9D2,10D.